The van der Waals surface area contributed by atoms with E-state index in [0.29, 0.717) is 11.1 Å². The molecule has 0 saturated heterocycles. The van der Waals surface area contributed by atoms with E-state index in [4.69, 9.17) is 0 Å². The first kappa shape index (κ1) is 18.6. The summed E-state index contributed by atoms with van der Waals surface area (Å²) in [7, 11) is 0. The minimum absolute atomic E-state index is 0.212. The second-order valence-electron chi connectivity index (χ2n) is 8.06. The Bertz CT molecular complexity index is 1090. The van der Waals surface area contributed by atoms with Gasteiger partial charge in [0, 0.05) is 12.0 Å². The number of fused-ring (bicyclic) bond motifs is 3. The minimum atomic E-state index is -1.56. The second kappa shape index (κ2) is 6.42. The number of hydrogen-bond acceptors (Lipinski definition) is 2. The maximum atomic E-state index is 13.5. The van der Waals surface area contributed by atoms with Crippen molar-refractivity contribution in [3.05, 3.63) is 93.0 Å². The van der Waals surface area contributed by atoms with E-state index < -0.39 is 5.60 Å². The van der Waals surface area contributed by atoms with E-state index in [9.17, 15) is 9.90 Å². The molecular weight excluding hydrogens is 344 g/mol. The summed E-state index contributed by atoms with van der Waals surface area (Å²) >= 11 is 0. The molecule has 142 valence electrons. The molecule has 1 N–H and O–H groups in total. The van der Waals surface area contributed by atoms with Crippen LogP contribution in [-0.4, -0.2) is 10.9 Å². The van der Waals surface area contributed by atoms with E-state index in [1.54, 1.807) is 0 Å². The number of rotatable bonds is 2. The van der Waals surface area contributed by atoms with Gasteiger partial charge in [0.15, 0.2) is 11.4 Å². The summed E-state index contributed by atoms with van der Waals surface area (Å²) in [6.07, 6.45) is 0.288. The Morgan fingerprint density at radius 1 is 0.679 bits per heavy atom. The van der Waals surface area contributed by atoms with Gasteiger partial charge in [-0.25, -0.2) is 0 Å². The van der Waals surface area contributed by atoms with Crippen molar-refractivity contribution in [2.24, 2.45) is 0 Å². The Morgan fingerprint density at radius 2 is 1.14 bits per heavy atom. The summed E-state index contributed by atoms with van der Waals surface area (Å²) < 4.78 is 0. The van der Waals surface area contributed by atoms with Crippen LogP contribution in [0.3, 0.4) is 0 Å². The van der Waals surface area contributed by atoms with Crippen LogP contribution in [0.5, 0.6) is 0 Å². The maximum Gasteiger partial charge on any atom is 0.199 e. The number of ketones is 1. The third-order valence-electron chi connectivity index (χ3n) is 6.80. The van der Waals surface area contributed by atoms with Crippen LogP contribution < -0.4 is 0 Å². The van der Waals surface area contributed by atoms with E-state index in [1.165, 1.54) is 16.7 Å². The Hall–Kier alpha value is -2.71. The number of aliphatic hydroxyl groups is 1. The van der Waals surface area contributed by atoms with Crippen LogP contribution in [0.1, 0.15) is 49.3 Å². The third kappa shape index (κ3) is 2.48. The SMILES string of the molecule is Cc1c(C)c(C)c(CC2(O)C(=O)c3ccccc3-c3ccccc32)c(C)c1C. The molecule has 28 heavy (non-hydrogen) atoms. The highest BCUT2D eigenvalue weighted by Gasteiger charge is 2.45. The smallest absolute Gasteiger partial charge is 0.199 e. The fourth-order valence-electron chi connectivity index (χ4n) is 4.61. The van der Waals surface area contributed by atoms with Crippen LogP contribution in [0.2, 0.25) is 0 Å². The molecular formula is C26H26O2. The highest BCUT2D eigenvalue weighted by molar-refractivity contribution is 6.11. The predicted molar refractivity (Wildman–Crippen MR) is 114 cm³/mol. The zero-order valence-electron chi connectivity index (χ0n) is 17.2. The molecule has 1 aliphatic carbocycles. The lowest BCUT2D eigenvalue weighted by molar-refractivity contribution is 0.0292. The van der Waals surface area contributed by atoms with Crippen LogP contribution in [0.25, 0.3) is 11.1 Å². The summed E-state index contributed by atoms with van der Waals surface area (Å²) in [4.78, 5) is 13.5. The maximum absolute atomic E-state index is 13.5. The van der Waals surface area contributed by atoms with Gasteiger partial charge in [0.25, 0.3) is 0 Å². The number of benzene rings is 3. The van der Waals surface area contributed by atoms with Gasteiger partial charge >= 0.3 is 0 Å². The molecule has 1 unspecified atom stereocenters. The lowest BCUT2D eigenvalue weighted by atomic mass is 9.71. The average Bonchev–Trinajstić information content (AvgIpc) is 2.72. The van der Waals surface area contributed by atoms with E-state index in [1.807, 2.05) is 48.5 Å². The van der Waals surface area contributed by atoms with E-state index >= 15 is 0 Å². The molecule has 0 aliphatic heterocycles. The highest BCUT2D eigenvalue weighted by Crippen LogP contribution is 2.44. The van der Waals surface area contributed by atoms with Crippen molar-refractivity contribution in [2.75, 3.05) is 0 Å². The zero-order valence-corrected chi connectivity index (χ0v) is 17.2. The van der Waals surface area contributed by atoms with Crippen LogP contribution >= 0.6 is 0 Å². The van der Waals surface area contributed by atoms with Gasteiger partial charge in [-0.05, 0) is 84.7 Å². The number of hydrogen-bond donors (Lipinski definition) is 1. The number of Topliss-reactive ketones (excluding diaryl/α,β-unsaturated/α-hetero) is 1. The minimum Gasteiger partial charge on any atom is -0.377 e. The fraction of sp³-hybridized carbons (Fsp3) is 0.269. The average molecular weight is 370 g/mol. The molecule has 2 heteroatoms. The summed E-state index contributed by atoms with van der Waals surface area (Å²) in [6, 6.07) is 15.3. The standard InChI is InChI=1S/C26H26O2/c1-15-16(2)18(4)23(19(5)17(15)3)14-26(28)24-13-9-8-11-21(24)20-10-6-7-12-22(20)25(26)27/h6-13,28H,14H2,1-5H3. The van der Waals surface area contributed by atoms with Gasteiger partial charge in [0.05, 0.1) is 0 Å². The molecule has 3 aromatic carbocycles. The molecule has 0 saturated carbocycles. The Balaban J connectivity index is 1.96. The third-order valence-corrected chi connectivity index (χ3v) is 6.80. The lowest BCUT2D eigenvalue weighted by Crippen LogP contribution is -2.41. The molecule has 0 heterocycles. The molecule has 0 bridgehead atoms. The number of carbonyl (C=O) groups is 1. The largest absolute Gasteiger partial charge is 0.377 e. The molecule has 0 radical (unpaired) electrons. The predicted octanol–water partition coefficient (Wildman–Crippen LogP) is 5.52. The number of carbonyl (C=O) groups excluding carboxylic acids is 1. The topological polar surface area (TPSA) is 37.3 Å². The molecule has 0 spiro atoms. The van der Waals surface area contributed by atoms with Crippen molar-refractivity contribution in [3.8, 4) is 11.1 Å². The normalized spacial score (nSPS) is 18.0. The first-order valence-electron chi connectivity index (χ1n) is 9.79. The molecule has 1 aliphatic rings. The van der Waals surface area contributed by atoms with Gasteiger partial charge in [-0.1, -0.05) is 48.5 Å². The molecule has 0 amide bonds. The van der Waals surface area contributed by atoms with Crippen molar-refractivity contribution in [1.29, 1.82) is 0 Å². The summed E-state index contributed by atoms with van der Waals surface area (Å²) in [5.41, 5.74) is 8.74. The highest BCUT2D eigenvalue weighted by atomic mass is 16.3. The van der Waals surface area contributed by atoms with Crippen LogP contribution in [0.15, 0.2) is 48.5 Å². The van der Waals surface area contributed by atoms with E-state index in [0.717, 1.165) is 27.8 Å². The first-order chi connectivity index (χ1) is 13.3. The van der Waals surface area contributed by atoms with Crippen LogP contribution in [0.4, 0.5) is 0 Å². The summed E-state index contributed by atoms with van der Waals surface area (Å²) in [5.74, 6) is -0.212. The van der Waals surface area contributed by atoms with Gasteiger partial charge < -0.3 is 5.11 Å². The van der Waals surface area contributed by atoms with Gasteiger partial charge in [0.2, 0.25) is 0 Å². The molecule has 2 nitrogen and oxygen atoms in total. The van der Waals surface area contributed by atoms with Gasteiger partial charge in [-0.2, -0.15) is 0 Å². The molecule has 3 aromatic rings. The van der Waals surface area contributed by atoms with Crippen molar-refractivity contribution in [3.63, 3.8) is 0 Å². The fourth-order valence-corrected chi connectivity index (χ4v) is 4.61. The van der Waals surface area contributed by atoms with Crippen LogP contribution in [-0.2, 0) is 12.0 Å². The van der Waals surface area contributed by atoms with Crippen LogP contribution in [0, 0.1) is 34.6 Å². The Kier molecular flexibility index (Phi) is 4.28. The molecule has 1 atom stereocenters. The quantitative estimate of drug-likeness (QED) is 0.645. The van der Waals surface area contributed by atoms with E-state index in [-0.39, 0.29) is 12.2 Å². The molecule has 0 aromatic heterocycles. The van der Waals surface area contributed by atoms with Gasteiger partial charge in [0.1, 0.15) is 0 Å². The van der Waals surface area contributed by atoms with Gasteiger partial charge in [-0.15, -0.1) is 0 Å². The molecule has 4 rings (SSSR count). The Labute approximate surface area is 166 Å². The summed E-state index contributed by atoms with van der Waals surface area (Å²) in [6.45, 7) is 10.6. The van der Waals surface area contributed by atoms with Crippen molar-refractivity contribution in [2.45, 2.75) is 46.6 Å². The summed E-state index contributed by atoms with van der Waals surface area (Å²) in [5, 5.41) is 11.8. The first-order valence-corrected chi connectivity index (χ1v) is 9.79. The van der Waals surface area contributed by atoms with Crippen molar-refractivity contribution >= 4 is 5.78 Å². The zero-order chi connectivity index (χ0) is 20.2. The second-order valence-corrected chi connectivity index (χ2v) is 8.06. The van der Waals surface area contributed by atoms with Gasteiger partial charge in [-0.3, -0.25) is 4.79 Å². The monoisotopic (exact) mass is 370 g/mol. The Morgan fingerprint density at radius 3 is 1.75 bits per heavy atom. The molecule has 0 fully saturated rings. The van der Waals surface area contributed by atoms with Crippen molar-refractivity contribution < 1.29 is 9.90 Å². The van der Waals surface area contributed by atoms with Crippen molar-refractivity contribution in [1.82, 2.24) is 0 Å². The lowest BCUT2D eigenvalue weighted by Gasteiger charge is -2.35. The van der Waals surface area contributed by atoms with E-state index in [2.05, 4.69) is 34.6 Å².